The van der Waals surface area contributed by atoms with E-state index in [0.717, 1.165) is 23.8 Å². The average molecular weight is 404 g/mol. The summed E-state index contributed by atoms with van der Waals surface area (Å²) in [4.78, 5) is 14.7. The molecule has 0 bridgehead atoms. The van der Waals surface area contributed by atoms with Gasteiger partial charge in [-0.3, -0.25) is 9.69 Å². The van der Waals surface area contributed by atoms with Crippen LogP contribution < -0.4 is 14.8 Å². The smallest absolute Gasteiger partial charge is 0.255 e. The van der Waals surface area contributed by atoms with Crippen LogP contribution in [0, 0.1) is 5.82 Å². The molecule has 1 aliphatic heterocycles. The minimum atomic E-state index is -0.586. The maximum Gasteiger partial charge on any atom is 0.255 e. The number of ether oxygens (including phenoxy) is 3. The highest BCUT2D eigenvalue weighted by Gasteiger charge is 2.25. The number of hydrogen-bond acceptors (Lipinski definition) is 6. The van der Waals surface area contributed by atoms with Crippen molar-refractivity contribution in [2.45, 2.75) is 6.04 Å². The molecule has 1 saturated heterocycles. The van der Waals surface area contributed by atoms with E-state index >= 15 is 0 Å². The van der Waals surface area contributed by atoms with Crippen molar-refractivity contribution in [2.24, 2.45) is 0 Å². The first-order valence-corrected chi connectivity index (χ1v) is 9.34. The molecule has 3 rings (SSSR count). The molecule has 1 atom stereocenters. The monoisotopic (exact) mass is 404 g/mol. The van der Waals surface area contributed by atoms with Crippen LogP contribution in [0.1, 0.15) is 22.0 Å². The number of halogens is 1. The van der Waals surface area contributed by atoms with Gasteiger partial charge in [-0.15, -0.1) is 0 Å². The molecule has 0 saturated carbocycles. The number of benzene rings is 2. The van der Waals surface area contributed by atoms with Gasteiger partial charge in [0.15, 0.2) is 11.5 Å². The van der Waals surface area contributed by atoms with Crippen molar-refractivity contribution < 1.29 is 28.5 Å². The zero-order chi connectivity index (χ0) is 20.8. The molecular weight excluding hydrogens is 379 g/mol. The molecule has 1 aliphatic rings. The third-order valence-electron chi connectivity index (χ3n) is 4.94. The fraction of sp³-hybridized carbons (Fsp3) is 0.381. The van der Waals surface area contributed by atoms with Gasteiger partial charge in [0, 0.05) is 19.6 Å². The van der Waals surface area contributed by atoms with Crippen molar-refractivity contribution in [3.8, 4) is 17.2 Å². The zero-order valence-corrected chi connectivity index (χ0v) is 16.5. The molecule has 2 aromatic rings. The van der Waals surface area contributed by atoms with E-state index in [1.54, 1.807) is 14.2 Å². The Morgan fingerprint density at radius 1 is 1.17 bits per heavy atom. The van der Waals surface area contributed by atoms with Gasteiger partial charge in [0.25, 0.3) is 5.91 Å². The molecule has 0 aliphatic carbocycles. The number of methoxy groups -OCH3 is 2. The maximum absolute atomic E-state index is 13.5. The molecule has 1 amide bonds. The molecule has 1 fully saturated rings. The summed E-state index contributed by atoms with van der Waals surface area (Å²) in [5.41, 5.74) is 0.839. The first-order valence-electron chi connectivity index (χ1n) is 9.34. The summed E-state index contributed by atoms with van der Waals surface area (Å²) in [5, 5.41) is 12.7. The summed E-state index contributed by atoms with van der Waals surface area (Å²) in [6.07, 6.45) is 0. The topological polar surface area (TPSA) is 80.3 Å². The highest BCUT2D eigenvalue weighted by molar-refractivity contribution is 5.96. The molecule has 1 heterocycles. The Balaban J connectivity index is 1.82. The fourth-order valence-electron chi connectivity index (χ4n) is 3.38. The van der Waals surface area contributed by atoms with Crippen LogP contribution in [0.5, 0.6) is 17.2 Å². The summed E-state index contributed by atoms with van der Waals surface area (Å²) in [7, 11) is 3.14. The number of nitrogens with zero attached hydrogens (tertiary/aromatic N) is 1. The van der Waals surface area contributed by atoms with Gasteiger partial charge in [0.1, 0.15) is 11.6 Å². The number of rotatable bonds is 7. The van der Waals surface area contributed by atoms with Gasteiger partial charge in [0.2, 0.25) is 0 Å². The van der Waals surface area contributed by atoms with Crippen molar-refractivity contribution >= 4 is 5.91 Å². The lowest BCUT2D eigenvalue weighted by Crippen LogP contribution is -2.43. The van der Waals surface area contributed by atoms with Gasteiger partial charge in [-0.2, -0.15) is 0 Å². The normalized spacial score (nSPS) is 15.6. The highest BCUT2D eigenvalue weighted by atomic mass is 19.1. The third-order valence-corrected chi connectivity index (χ3v) is 4.94. The third kappa shape index (κ3) is 4.96. The molecule has 0 spiro atoms. The molecule has 0 aromatic heterocycles. The number of amides is 1. The second-order valence-corrected chi connectivity index (χ2v) is 6.65. The van der Waals surface area contributed by atoms with Crippen LogP contribution in [0.25, 0.3) is 0 Å². The lowest BCUT2D eigenvalue weighted by Gasteiger charge is -2.35. The van der Waals surface area contributed by atoms with Crippen LogP contribution >= 0.6 is 0 Å². The molecular formula is C21H25FN2O5. The molecule has 29 heavy (non-hydrogen) atoms. The fourth-order valence-corrected chi connectivity index (χ4v) is 3.38. The SMILES string of the molecule is COc1ccc(C(CNC(=O)c2cc(F)ccc2O)N2CCOCC2)cc1OC. The Labute approximate surface area is 169 Å². The molecule has 7 nitrogen and oxygen atoms in total. The minimum absolute atomic E-state index is 0.0990. The largest absolute Gasteiger partial charge is 0.507 e. The predicted molar refractivity (Wildman–Crippen MR) is 105 cm³/mol. The number of aromatic hydroxyl groups is 1. The Hall–Kier alpha value is -2.84. The van der Waals surface area contributed by atoms with E-state index in [9.17, 15) is 14.3 Å². The van der Waals surface area contributed by atoms with Gasteiger partial charge in [-0.05, 0) is 35.9 Å². The summed E-state index contributed by atoms with van der Waals surface area (Å²) in [6.45, 7) is 2.88. The van der Waals surface area contributed by atoms with E-state index in [1.165, 1.54) is 0 Å². The van der Waals surface area contributed by atoms with E-state index in [4.69, 9.17) is 14.2 Å². The average Bonchev–Trinajstić information content (AvgIpc) is 2.76. The Morgan fingerprint density at radius 3 is 2.59 bits per heavy atom. The number of nitrogens with one attached hydrogen (secondary N) is 1. The van der Waals surface area contributed by atoms with Gasteiger partial charge in [0.05, 0.1) is 39.0 Å². The first kappa shape index (κ1) is 20.9. The summed E-state index contributed by atoms with van der Waals surface area (Å²) in [6, 6.07) is 8.76. The maximum atomic E-state index is 13.5. The van der Waals surface area contributed by atoms with Gasteiger partial charge in [-0.1, -0.05) is 6.07 Å². The van der Waals surface area contributed by atoms with Crippen LogP contribution in [0.15, 0.2) is 36.4 Å². The lowest BCUT2D eigenvalue weighted by atomic mass is 10.0. The number of carbonyl (C=O) groups excluding carboxylic acids is 1. The van der Waals surface area contributed by atoms with Crippen molar-refractivity contribution in [2.75, 3.05) is 47.1 Å². The van der Waals surface area contributed by atoms with Crippen LogP contribution in [-0.4, -0.2) is 63.0 Å². The van der Waals surface area contributed by atoms with E-state index < -0.39 is 11.7 Å². The molecule has 2 aromatic carbocycles. The van der Waals surface area contributed by atoms with E-state index in [2.05, 4.69) is 10.2 Å². The molecule has 1 unspecified atom stereocenters. The van der Waals surface area contributed by atoms with Gasteiger partial charge < -0.3 is 24.6 Å². The Morgan fingerprint density at radius 2 is 1.90 bits per heavy atom. The summed E-state index contributed by atoms with van der Waals surface area (Å²) >= 11 is 0. The molecule has 2 N–H and O–H groups in total. The first-order chi connectivity index (χ1) is 14.0. The second-order valence-electron chi connectivity index (χ2n) is 6.65. The van der Waals surface area contributed by atoms with E-state index in [0.29, 0.717) is 37.8 Å². The van der Waals surface area contributed by atoms with Crippen LogP contribution in [-0.2, 0) is 4.74 Å². The zero-order valence-electron chi connectivity index (χ0n) is 16.5. The Kier molecular flexibility index (Phi) is 6.90. The number of hydrogen-bond donors (Lipinski definition) is 2. The minimum Gasteiger partial charge on any atom is -0.507 e. The van der Waals surface area contributed by atoms with Crippen molar-refractivity contribution in [3.63, 3.8) is 0 Å². The van der Waals surface area contributed by atoms with Crippen LogP contribution in [0.3, 0.4) is 0 Å². The quantitative estimate of drug-likeness (QED) is 0.738. The summed E-state index contributed by atoms with van der Waals surface area (Å²) in [5.74, 6) is -0.181. The number of morpholine rings is 1. The van der Waals surface area contributed by atoms with Crippen LogP contribution in [0.2, 0.25) is 0 Å². The van der Waals surface area contributed by atoms with Crippen molar-refractivity contribution in [3.05, 3.63) is 53.3 Å². The van der Waals surface area contributed by atoms with Crippen molar-refractivity contribution in [1.29, 1.82) is 0 Å². The lowest BCUT2D eigenvalue weighted by molar-refractivity contribution is 0.0162. The number of carbonyl (C=O) groups is 1. The van der Waals surface area contributed by atoms with Crippen molar-refractivity contribution in [1.82, 2.24) is 10.2 Å². The van der Waals surface area contributed by atoms with E-state index in [-0.39, 0.29) is 23.9 Å². The highest BCUT2D eigenvalue weighted by Crippen LogP contribution is 2.32. The van der Waals surface area contributed by atoms with Crippen LogP contribution in [0.4, 0.5) is 4.39 Å². The molecule has 0 radical (unpaired) electrons. The molecule has 156 valence electrons. The second kappa shape index (κ2) is 9.58. The number of phenols is 1. The van der Waals surface area contributed by atoms with E-state index in [1.807, 2.05) is 18.2 Å². The Bertz CT molecular complexity index is 855. The summed E-state index contributed by atoms with van der Waals surface area (Å²) < 4.78 is 29.6. The standard InChI is InChI=1S/C21H25FN2O5/c1-27-19-6-3-14(11-20(19)28-2)17(24-7-9-29-10-8-24)13-23-21(26)16-12-15(22)4-5-18(16)25/h3-6,11-12,17,25H,7-10,13H2,1-2H3,(H,23,26). The number of phenolic OH excluding ortho intramolecular Hbond substituents is 1. The predicted octanol–water partition coefficient (Wildman–Crippen LogP) is 2.35. The van der Waals surface area contributed by atoms with Gasteiger partial charge >= 0.3 is 0 Å². The molecule has 8 heteroatoms. The van der Waals surface area contributed by atoms with Gasteiger partial charge in [-0.25, -0.2) is 4.39 Å².